The third-order valence-corrected chi connectivity index (χ3v) is 16.1. The highest BCUT2D eigenvalue weighted by Crippen LogP contribution is 2.89. The molecule has 2 spiro atoms. The molecule has 7 fully saturated rings. The van der Waals surface area contributed by atoms with E-state index in [9.17, 15) is 19.8 Å². The quantitative estimate of drug-likeness (QED) is 0.378. The van der Waals surface area contributed by atoms with Crippen LogP contribution in [0.25, 0.3) is 0 Å². The van der Waals surface area contributed by atoms with Gasteiger partial charge in [0.1, 0.15) is 0 Å². The average Bonchev–Trinajstić information content (AvgIpc) is 3.65. The van der Waals surface area contributed by atoms with Crippen LogP contribution in [-0.2, 0) is 23.7 Å². The third-order valence-electron chi connectivity index (χ3n) is 16.1. The van der Waals surface area contributed by atoms with Crippen molar-refractivity contribution < 1.29 is 38.7 Å². The zero-order chi connectivity index (χ0) is 35.7. The lowest BCUT2D eigenvalue weighted by Gasteiger charge is -2.64. The SMILES string of the molecule is CC(=O)O[C@@H](C1C[C@@H](C)[C@H]2C(O1)[C@H](O)[C@@]1(C)C3CC[C@H]4C(C)(C)C(O[C@H]5CN(C(=O)N(C)C)CCO5)CCC45CC35CCC21C)C(C)(C)O. The minimum atomic E-state index is -1.27. The van der Waals surface area contributed by atoms with Gasteiger partial charge in [-0.25, -0.2) is 4.79 Å². The van der Waals surface area contributed by atoms with E-state index in [1.807, 2.05) is 4.90 Å². The number of ether oxygens (including phenoxy) is 4. The summed E-state index contributed by atoms with van der Waals surface area (Å²) in [6, 6.07) is 0.000463. The van der Waals surface area contributed by atoms with Crippen molar-refractivity contribution in [2.75, 3.05) is 33.8 Å². The molecule has 0 aromatic carbocycles. The maximum Gasteiger partial charge on any atom is 0.319 e. The molecule has 14 atom stereocenters. The number of amides is 2. The summed E-state index contributed by atoms with van der Waals surface area (Å²) in [5, 5.41) is 23.6. The van der Waals surface area contributed by atoms with Crippen molar-refractivity contribution in [3.63, 3.8) is 0 Å². The molecule has 5 saturated carbocycles. The summed E-state index contributed by atoms with van der Waals surface area (Å²) in [5.74, 6) is 0.954. The van der Waals surface area contributed by atoms with Crippen molar-refractivity contribution >= 4 is 12.0 Å². The number of carbonyl (C=O) groups is 2. The molecule has 7 rings (SSSR count). The zero-order valence-corrected chi connectivity index (χ0v) is 31.8. The maximum absolute atomic E-state index is 12.7. The van der Waals surface area contributed by atoms with Crippen LogP contribution in [0.5, 0.6) is 0 Å². The van der Waals surface area contributed by atoms with E-state index in [1.54, 1.807) is 32.8 Å². The first kappa shape index (κ1) is 35.9. The normalized spacial score (nSPS) is 49.0. The molecule has 2 heterocycles. The van der Waals surface area contributed by atoms with Crippen molar-refractivity contribution in [2.45, 2.75) is 149 Å². The van der Waals surface area contributed by atoms with Gasteiger partial charge in [0.25, 0.3) is 0 Å². The van der Waals surface area contributed by atoms with Crippen molar-refractivity contribution in [3.05, 3.63) is 0 Å². The van der Waals surface area contributed by atoms with E-state index >= 15 is 0 Å². The fourth-order valence-corrected chi connectivity index (χ4v) is 13.9. The lowest BCUT2D eigenvalue weighted by Crippen LogP contribution is -2.60. The predicted molar refractivity (Wildman–Crippen MR) is 183 cm³/mol. The van der Waals surface area contributed by atoms with Crippen molar-refractivity contribution in [3.8, 4) is 0 Å². The maximum atomic E-state index is 12.7. The van der Waals surface area contributed by atoms with Gasteiger partial charge in [0.2, 0.25) is 0 Å². The van der Waals surface area contributed by atoms with E-state index < -0.39 is 36.2 Å². The molecule has 5 aliphatic carbocycles. The molecule has 49 heavy (non-hydrogen) atoms. The van der Waals surface area contributed by atoms with E-state index in [4.69, 9.17) is 18.9 Å². The lowest BCUT2D eigenvalue weighted by atomic mass is 9.41. The van der Waals surface area contributed by atoms with E-state index in [0.717, 1.165) is 32.1 Å². The molecule has 2 amide bonds. The molecule has 278 valence electrons. The third kappa shape index (κ3) is 4.95. The molecule has 2 N–H and O–H groups in total. The molecule has 2 saturated heterocycles. The van der Waals surface area contributed by atoms with Crippen LogP contribution in [0.3, 0.4) is 0 Å². The highest BCUT2D eigenvalue weighted by Gasteiger charge is 2.84. The van der Waals surface area contributed by atoms with Crippen LogP contribution in [0.2, 0.25) is 0 Å². The Kier molecular flexibility index (Phi) is 8.44. The zero-order valence-electron chi connectivity index (χ0n) is 31.8. The van der Waals surface area contributed by atoms with E-state index in [1.165, 1.54) is 19.8 Å². The molecule has 0 bridgehead atoms. The largest absolute Gasteiger partial charge is 0.457 e. The Balaban J connectivity index is 1.12. The number of aliphatic hydroxyl groups excluding tert-OH is 1. The Morgan fingerprint density at radius 1 is 1.02 bits per heavy atom. The second-order valence-electron chi connectivity index (χ2n) is 19.3. The van der Waals surface area contributed by atoms with E-state index in [-0.39, 0.29) is 57.1 Å². The number of rotatable bonds is 5. The summed E-state index contributed by atoms with van der Waals surface area (Å²) in [6.07, 6.45) is 5.91. The summed E-state index contributed by atoms with van der Waals surface area (Å²) in [4.78, 5) is 28.2. The molecule has 10 nitrogen and oxygen atoms in total. The summed E-state index contributed by atoms with van der Waals surface area (Å²) in [6.45, 7) is 18.2. The summed E-state index contributed by atoms with van der Waals surface area (Å²) in [7, 11) is 3.57. The van der Waals surface area contributed by atoms with Crippen molar-refractivity contribution in [1.82, 2.24) is 9.80 Å². The van der Waals surface area contributed by atoms with Gasteiger partial charge in [-0.05, 0) is 111 Å². The Hall–Kier alpha value is -1.46. The fourth-order valence-electron chi connectivity index (χ4n) is 13.9. The molecule has 10 heteroatoms. The van der Waals surface area contributed by atoms with Gasteiger partial charge >= 0.3 is 12.0 Å². The van der Waals surface area contributed by atoms with Crippen LogP contribution in [0, 0.1) is 50.7 Å². The predicted octanol–water partition coefficient (Wildman–Crippen LogP) is 5.23. The van der Waals surface area contributed by atoms with Crippen LogP contribution >= 0.6 is 0 Å². The summed E-state index contributed by atoms with van der Waals surface area (Å²) in [5.41, 5.74) is -1.22. The number of carbonyl (C=O) groups excluding carboxylic acids is 2. The molecule has 0 aromatic heterocycles. The van der Waals surface area contributed by atoms with Gasteiger partial charge in [-0.2, -0.15) is 0 Å². The fraction of sp³-hybridized carbons (Fsp3) is 0.949. The standard InChI is InChI=1S/C39H64N2O8/c1-22-19-24(32(35(5,6)45)47-23(2)42)48-30-29(22)36(7)15-16-39-21-38(39)14-13-27(49-28-20-41(17-18-46-28)33(44)40(9)10)34(3,4)25(38)11-12-26(39)37(36,8)31(30)43/h22,24-32,43,45H,11-21H2,1-10H3/t22-,24?,25+,26?,27?,28+,29+,30?,31+,32+,36?,37-,38?,39?/m1/s1. The topological polar surface area (TPSA) is 118 Å². The molecule has 7 unspecified atom stereocenters. The molecular formula is C39H64N2O8. The Labute approximate surface area is 293 Å². The van der Waals surface area contributed by atoms with Gasteiger partial charge in [0.05, 0.1) is 43.2 Å². The molecular weight excluding hydrogens is 624 g/mol. The van der Waals surface area contributed by atoms with Crippen LogP contribution < -0.4 is 0 Å². The number of fused-ring (bicyclic) bond motifs is 4. The Morgan fingerprint density at radius 2 is 1.69 bits per heavy atom. The highest BCUT2D eigenvalue weighted by atomic mass is 16.7. The minimum absolute atomic E-state index is 0.000463. The first-order valence-electron chi connectivity index (χ1n) is 19.2. The smallest absolute Gasteiger partial charge is 0.319 e. The van der Waals surface area contributed by atoms with Crippen LogP contribution in [-0.4, -0.2) is 108 Å². The number of urea groups is 1. The molecule has 7 aliphatic rings. The monoisotopic (exact) mass is 688 g/mol. The first-order valence-corrected chi connectivity index (χ1v) is 19.2. The number of esters is 1. The van der Waals surface area contributed by atoms with Crippen molar-refractivity contribution in [1.29, 1.82) is 0 Å². The van der Waals surface area contributed by atoms with Crippen LogP contribution in [0.15, 0.2) is 0 Å². The number of aliphatic hydroxyl groups is 2. The number of hydrogen-bond acceptors (Lipinski definition) is 8. The second-order valence-corrected chi connectivity index (χ2v) is 19.3. The van der Waals surface area contributed by atoms with Crippen LogP contribution in [0.4, 0.5) is 4.79 Å². The van der Waals surface area contributed by atoms with Gasteiger partial charge in [-0.3, -0.25) is 4.79 Å². The van der Waals surface area contributed by atoms with Gasteiger partial charge in [-0.1, -0.05) is 34.6 Å². The van der Waals surface area contributed by atoms with Gasteiger partial charge in [0.15, 0.2) is 12.4 Å². The molecule has 2 aliphatic heterocycles. The Morgan fingerprint density at radius 3 is 2.35 bits per heavy atom. The number of morpholine rings is 1. The first-order chi connectivity index (χ1) is 22.7. The number of nitrogens with zero attached hydrogens (tertiary/aromatic N) is 2. The second kappa shape index (κ2) is 11.5. The highest BCUT2D eigenvalue weighted by molar-refractivity contribution is 5.73. The van der Waals surface area contributed by atoms with Gasteiger partial charge in [-0.15, -0.1) is 0 Å². The Bertz CT molecular complexity index is 1330. The van der Waals surface area contributed by atoms with E-state index in [0.29, 0.717) is 38.0 Å². The minimum Gasteiger partial charge on any atom is -0.457 e. The summed E-state index contributed by atoms with van der Waals surface area (Å²) < 4.78 is 25.4. The molecule has 0 aromatic rings. The van der Waals surface area contributed by atoms with Gasteiger partial charge < -0.3 is 39.0 Å². The average molecular weight is 689 g/mol. The van der Waals surface area contributed by atoms with Crippen molar-refractivity contribution in [2.24, 2.45) is 50.7 Å². The molecule has 0 radical (unpaired) electrons. The summed E-state index contributed by atoms with van der Waals surface area (Å²) >= 11 is 0. The number of hydrogen-bond donors (Lipinski definition) is 2. The van der Waals surface area contributed by atoms with Crippen LogP contribution in [0.1, 0.15) is 107 Å². The van der Waals surface area contributed by atoms with Gasteiger partial charge in [0, 0.05) is 33.0 Å². The lowest BCUT2D eigenvalue weighted by molar-refractivity contribution is -0.245. The van der Waals surface area contributed by atoms with E-state index in [2.05, 4.69) is 34.6 Å².